The summed E-state index contributed by atoms with van der Waals surface area (Å²) in [5.74, 6) is 0. The lowest BCUT2D eigenvalue weighted by molar-refractivity contribution is 0.0506. The Morgan fingerprint density at radius 3 is 2.46 bits per heavy atom. The van der Waals surface area contributed by atoms with Crippen molar-refractivity contribution in [2.75, 3.05) is 19.8 Å². The number of hydrogen-bond acceptors (Lipinski definition) is 3. The van der Waals surface area contributed by atoms with Crippen LogP contribution in [0, 0.1) is 0 Å². The smallest absolute Gasteiger partial charge is 0.0611 e. The van der Waals surface area contributed by atoms with E-state index >= 15 is 0 Å². The summed E-state index contributed by atoms with van der Waals surface area (Å²) in [4.78, 5) is 0. The molecule has 0 aliphatic heterocycles. The van der Waals surface area contributed by atoms with Gasteiger partial charge in [0.05, 0.1) is 12.7 Å². The van der Waals surface area contributed by atoms with Gasteiger partial charge in [-0.25, -0.2) is 0 Å². The maximum Gasteiger partial charge on any atom is 0.0611 e. The van der Waals surface area contributed by atoms with E-state index in [2.05, 4.69) is 5.32 Å². The highest BCUT2D eigenvalue weighted by molar-refractivity contribution is 4.81. The van der Waals surface area contributed by atoms with Crippen molar-refractivity contribution >= 4 is 0 Å². The minimum Gasteiger partial charge on any atom is -0.394 e. The Balaban J connectivity index is 3.69. The van der Waals surface area contributed by atoms with Crippen LogP contribution in [0.3, 0.4) is 0 Å². The Morgan fingerprint density at radius 2 is 2.08 bits per heavy atom. The summed E-state index contributed by atoms with van der Waals surface area (Å²) in [5.41, 5.74) is -0.191. The van der Waals surface area contributed by atoms with E-state index in [-0.39, 0.29) is 18.2 Å². The summed E-state index contributed by atoms with van der Waals surface area (Å²) in [6, 6.07) is 0. The van der Waals surface area contributed by atoms with E-state index in [9.17, 15) is 0 Å². The molecule has 1 atom stereocenters. The van der Waals surface area contributed by atoms with E-state index in [1.54, 1.807) is 0 Å². The maximum atomic E-state index is 9.16. The van der Waals surface area contributed by atoms with Gasteiger partial charge in [-0.3, -0.25) is 0 Å². The Hall–Kier alpha value is -0.120. The first-order valence-corrected chi connectivity index (χ1v) is 5.01. The molecule has 1 unspecified atom stereocenters. The third kappa shape index (κ3) is 6.02. The van der Waals surface area contributed by atoms with E-state index in [1.165, 1.54) is 0 Å². The van der Waals surface area contributed by atoms with Gasteiger partial charge in [-0.1, -0.05) is 6.92 Å². The largest absolute Gasteiger partial charge is 0.394 e. The van der Waals surface area contributed by atoms with E-state index in [0.717, 1.165) is 13.0 Å². The first-order valence-electron chi connectivity index (χ1n) is 5.01. The average molecular weight is 189 g/mol. The van der Waals surface area contributed by atoms with Crippen molar-refractivity contribution in [3.05, 3.63) is 0 Å². The molecule has 2 N–H and O–H groups in total. The standard InChI is InChI=1S/C10H23NO2/c1-5-11-10(4,8-12)6-7-13-9(2)3/h9,11-12H,5-8H2,1-4H3. The molecule has 0 rings (SSSR count). The summed E-state index contributed by atoms with van der Waals surface area (Å²) in [6.45, 7) is 9.81. The highest BCUT2D eigenvalue weighted by Gasteiger charge is 2.21. The fraction of sp³-hybridized carbons (Fsp3) is 1.00. The van der Waals surface area contributed by atoms with Gasteiger partial charge in [0.15, 0.2) is 0 Å². The number of aliphatic hydroxyl groups is 1. The Bertz CT molecular complexity index is 128. The predicted molar refractivity (Wildman–Crippen MR) is 54.9 cm³/mol. The Kier molecular flexibility index (Phi) is 6.29. The highest BCUT2D eigenvalue weighted by atomic mass is 16.5. The Labute approximate surface area is 81.5 Å². The van der Waals surface area contributed by atoms with Gasteiger partial charge in [0.25, 0.3) is 0 Å². The van der Waals surface area contributed by atoms with Gasteiger partial charge >= 0.3 is 0 Å². The lowest BCUT2D eigenvalue weighted by Crippen LogP contribution is -2.46. The lowest BCUT2D eigenvalue weighted by Gasteiger charge is -2.28. The molecule has 0 heterocycles. The van der Waals surface area contributed by atoms with E-state index < -0.39 is 0 Å². The number of rotatable bonds is 7. The molecule has 0 spiro atoms. The van der Waals surface area contributed by atoms with Gasteiger partial charge in [-0.15, -0.1) is 0 Å². The minimum absolute atomic E-state index is 0.155. The fourth-order valence-corrected chi connectivity index (χ4v) is 1.17. The zero-order chi connectivity index (χ0) is 10.3. The first-order chi connectivity index (χ1) is 6.04. The molecule has 0 aromatic carbocycles. The van der Waals surface area contributed by atoms with Gasteiger partial charge in [0, 0.05) is 12.1 Å². The van der Waals surface area contributed by atoms with Crippen molar-refractivity contribution in [1.29, 1.82) is 0 Å². The van der Waals surface area contributed by atoms with Gasteiger partial charge in [-0.2, -0.15) is 0 Å². The van der Waals surface area contributed by atoms with E-state index in [1.807, 2.05) is 27.7 Å². The average Bonchev–Trinajstić information content (AvgIpc) is 2.04. The molecular formula is C10H23NO2. The molecule has 3 heteroatoms. The summed E-state index contributed by atoms with van der Waals surface area (Å²) in [7, 11) is 0. The SMILES string of the molecule is CCNC(C)(CO)CCOC(C)C. The van der Waals surface area contributed by atoms with Gasteiger partial charge < -0.3 is 15.2 Å². The van der Waals surface area contributed by atoms with Crippen LogP contribution in [0.1, 0.15) is 34.1 Å². The zero-order valence-electron chi connectivity index (χ0n) is 9.26. The molecule has 0 radical (unpaired) electrons. The van der Waals surface area contributed by atoms with Gasteiger partial charge in [0.2, 0.25) is 0 Å². The van der Waals surface area contributed by atoms with Crippen LogP contribution in [0.4, 0.5) is 0 Å². The molecule has 80 valence electrons. The third-order valence-electron chi connectivity index (χ3n) is 2.06. The molecule has 0 amide bonds. The van der Waals surface area contributed by atoms with Crippen LogP contribution >= 0.6 is 0 Å². The molecular weight excluding hydrogens is 166 g/mol. The first kappa shape index (κ1) is 12.9. The molecule has 0 saturated carbocycles. The van der Waals surface area contributed by atoms with Crippen molar-refractivity contribution in [3.8, 4) is 0 Å². The van der Waals surface area contributed by atoms with E-state index in [4.69, 9.17) is 9.84 Å². The topological polar surface area (TPSA) is 41.5 Å². The van der Waals surface area contributed by atoms with Crippen LogP contribution < -0.4 is 5.32 Å². The van der Waals surface area contributed by atoms with Crippen LogP contribution in [0.25, 0.3) is 0 Å². The second-order valence-corrected chi connectivity index (χ2v) is 3.92. The molecule has 3 nitrogen and oxygen atoms in total. The van der Waals surface area contributed by atoms with Crippen molar-refractivity contribution in [3.63, 3.8) is 0 Å². The second kappa shape index (κ2) is 6.35. The summed E-state index contributed by atoms with van der Waals surface area (Å²) < 4.78 is 5.43. The highest BCUT2D eigenvalue weighted by Crippen LogP contribution is 2.08. The lowest BCUT2D eigenvalue weighted by atomic mass is 10.00. The molecule has 13 heavy (non-hydrogen) atoms. The van der Waals surface area contributed by atoms with Crippen LogP contribution in [0.15, 0.2) is 0 Å². The molecule has 0 bridgehead atoms. The fourth-order valence-electron chi connectivity index (χ4n) is 1.17. The van der Waals surface area contributed by atoms with Crippen LogP contribution in [0.2, 0.25) is 0 Å². The Morgan fingerprint density at radius 1 is 1.46 bits per heavy atom. The van der Waals surface area contributed by atoms with Crippen LogP contribution in [-0.4, -0.2) is 36.5 Å². The van der Waals surface area contributed by atoms with Crippen molar-refractivity contribution in [2.24, 2.45) is 0 Å². The molecule has 0 aliphatic carbocycles. The molecule has 0 aromatic heterocycles. The quantitative estimate of drug-likeness (QED) is 0.631. The monoisotopic (exact) mass is 189 g/mol. The van der Waals surface area contributed by atoms with Gasteiger partial charge in [-0.05, 0) is 33.7 Å². The molecule has 0 aliphatic rings. The number of likely N-dealkylation sites (N-methyl/N-ethyl adjacent to an activating group) is 1. The minimum atomic E-state index is -0.191. The number of aliphatic hydroxyl groups excluding tert-OH is 1. The van der Waals surface area contributed by atoms with Crippen LogP contribution in [0.5, 0.6) is 0 Å². The summed E-state index contributed by atoms with van der Waals surface area (Å²) in [5, 5.41) is 12.4. The van der Waals surface area contributed by atoms with Crippen molar-refractivity contribution in [2.45, 2.75) is 45.8 Å². The van der Waals surface area contributed by atoms with Crippen molar-refractivity contribution in [1.82, 2.24) is 5.32 Å². The predicted octanol–water partition coefficient (Wildman–Crippen LogP) is 1.16. The summed E-state index contributed by atoms with van der Waals surface area (Å²) >= 11 is 0. The normalized spacial score (nSPS) is 16.2. The number of hydrogen-bond donors (Lipinski definition) is 2. The maximum absolute atomic E-state index is 9.16. The van der Waals surface area contributed by atoms with E-state index in [0.29, 0.717) is 6.61 Å². The third-order valence-corrected chi connectivity index (χ3v) is 2.06. The zero-order valence-corrected chi connectivity index (χ0v) is 9.26. The number of ether oxygens (including phenoxy) is 1. The van der Waals surface area contributed by atoms with Crippen molar-refractivity contribution < 1.29 is 9.84 Å². The number of nitrogens with one attached hydrogen (secondary N) is 1. The van der Waals surface area contributed by atoms with Gasteiger partial charge in [0.1, 0.15) is 0 Å². The molecule has 0 fully saturated rings. The summed E-state index contributed by atoms with van der Waals surface area (Å²) in [6.07, 6.45) is 1.11. The van der Waals surface area contributed by atoms with Crippen LogP contribution in [-0.2, 0) is 4.74 Å². The second-order valence-electron chi connectivity index (χ2n) is 3.92. The molecule has 0 aromatic rings. The molecule has 0 saturated heterocycles.